The van der Waals surface area contributed by atoms with Gasteiger partial charge in [0.15, 0.2) is 5.78 Å². The molecule has 0 aliphatic rings. The van der Waals surface area contributed by atoms with Crippen LogP contribution in [-0.4, -0.2) is 5.78 Å². The van der Waals surface area contributed by atoms with E-state index in [9.17, 15) is 4.79 Å². The normalized spacial score (nSPS) is 9.40. The molecular formula is C9H9O. The van der Waals surface area contributed by atoms with Gasteiger partial charge in [0.1, 0.15) is 0 Å². The van der Waals surface area contributed by atoms with Crippen LogP contribution in [0.15, 0.2) is 18.2 Å². The van der Waals surface area contributed by atoms with Crippen molar-refractivity contribution in [3.8, 4) is 0 Å². The number of aryl methyl sites for hydroxylation is 1. The van der Waals surface area contributed by atoms with Crippen LogP contribution in [-0.2, 0) is 0 Å². The number of carbonyl (C=O) groups excluding carboxylic acids is 1. The fourth-order valence-corrected chi connectivity index (χ4v) is 0.900. The number of hydrogen-bond donors (Lipinski definition) is 0. The molecule has 10 heavy (non-hydrogen) atoms. The quantitative estimate of drug-likeness (QED) is 0.535. The van der Waals surface area contributed by atoms with E-state index in [1.165, 1.54) is 0 Å². The Bertz CT molecular complexity index is 251. The molecular weight excluding hydrogens is 124 g/mol. The largest absolute Gasteiger partial charge is 0.294 e. The van der Waals surface area contributed by atoms with Crippen LogP contribution >= 0.6 is 0 Å². The number of carbonyl (C=O) groups is 1. The third kappa shape index (κ3) is 1.24. The Hall–Kier alpha value is -1.11. The summed E-state index contributed by atoms with van der Waals surface area (Å²) in [6.07, 6.45) is 0. The molecule has 1 nitrogen and oxygen atoms in total. The lowest BCUT2D eigenvalue weighted by molar-refractivity contribution is 0.101. The highest BCUT2D eigenvalue weighted by Gasteiger charge is 2.00. The molecule has 0 saturated heterocycles. The van der Waals surface area contributed by atoms with E-state index < -0.39 is 0 Å². The van der Waals surface area contributed by atoms with Gasteiger partial charge in [-0.3, -0.25) is 4.79 Å². The maximum Gasteiger partial charge on any atom is 0.160 e. The van der Waals surface area contributed by atoms with Gasteiger partial charge < -0.3 is 0 Å². The van der Waals surface area contributed by atoms with Crippen molar-refractivity contribution in [1.29, 1.82) is 0 Å². The molecule has 0 heterocycles. The molecule has 0 aliphatic heterocycles. The molecule has 1 heteroatoms. The Labute approximate surface area is 60.7 Å². The lowest BCUT2D eigenvalue weighted by Crippen LogP contribution is -1.94. The van der Waals surface area contributed by atoms with Gasteiger partial charge in [0, 0.05) is 5.56 Å². The number of Topliss-reactive ketones (excluding diaryl/α,β-unsaturated/α-hetero) is 1. The van der Waals surface area contributed by atoms with Crippen molar-refractivity contribution < 1.29 is 4.79 Å². The highest BCUT2D eigenvalue weighted by Crippen LogP contribution is 2.05. The van der Waals surface area contributed by atoms with Crippen molar-refractivity contribution in [3.05, 3.63) is 35.4 Å². The summed E-state index contributed by atoms with van der Waals surface area (Å²) in [7, 11) is 0. The van der Waals surface area contributed by atoms with E-state index in [1.807, 2.05) is 19.1 Å². The second-order valence-corrected chi connectivity index (χ2v) is 2.28. The second kappa shape index (κ2) is 2.65. The highest BCUT2D eigenvalue weighted by molar-refractivity contribution is 5.95. The summed E-state index contributed by atoms with van der Waals surface area (Å²) in [5, 5.41) is 0. The second-order valence-electron chi connectivity index (χ2n) is 2.28. The highest BCUT2D eigenvalue weighted by atomic mass is 16.1. The van der Waals surface area contributed by atoms with E-state index in [0.717, 1.165) is 5.56 Å². The first kappa shape index (κ1) is 7.00. The fraction of sp³-hybridized carbons (Fsp3) is 0.222. The first-order valence-electron chi connectivity index (χ1n) is 3.20. The first-order valence-corrected chi connectivity index (χ1v) is 3.20. The van der Waals surface area contributed by atoms with Gasteiger partial charge in [0.25, 0.3) is 0 Å². The average Bonchev–Trinajstić information content (AvgIpc) is 1.88. The third-order valence-electron chi connectivity index (χ3n) is 1.42. The van der Waals surface area contributed by atoms with Gasteiger partial charge in [-0.2, -0.15) is 0 Å². The maximum atomic E-state index is 10.8. The number of hydrogen-bond acceptors (Lipinski definition) is 1. The number of benzene rings is 1. The minimum Gasteiger partial charge on any atom is -0.294 e. The molecule has 0 bridgehead atoms. The Kier molecular flexibility index (Phi) is 1.86. The molecule has 0 fully saturated rings. The van der Waals surface area contributed by atoms with Crippen molar-refractivity contribution in [3.63, 3.8) is 0 Å². The van der Waals surface area contributed by atoms with Crippen molar-refractivity contribution in [1.82, 2.24) is 0 Å². The van der Waals surface area contributed by atoms with E-state index in [4.69, 9.17) is 0 Å². The Morgan fingerprint density at radius 3 is 2.70 bits per heavy atom. The molecule has 0 aromatic heterocycles. The van der Waals surface area contributed by atoms with Crippen LogP contribution < -0.4 is 0 Å². The van der Waals surface area contributed by atoms with Crippen molar-refractivity contribution in [2.24, 2.45) is 0 Å². The van der Waals surface area contributed by atoms with E-state index in [0.29, 0.717) is 5.56 Å². The topological polar surface area (TPSA) is 17.1 Å². The van der Waals surface area contributed by atoms with Gasteiger partial charge in [-0.05, 0) is 25.5 Å². The lowest BCUT2D eigenvalue weighted by atomic mass is 10.1. The molecule has 0 atom stereocenters. The summed E-state index contributed by atoms with van der Waals surface area (Å²) in [5.41, 5.74) is 1.69. The molecule has 1 aromatic carbocycles. The Morgan fingerprint density at radius 2 is 2.30 bits per heavy atom. The van der Waals surface area contributed by atoms with Crippen LogP contribution in [0.1, 0.15) is 22.8 Å². The zero-order valence-electron chi connectivity index (χ0n) is 6.14. The predicted molar refractivity (Wildman–Crippen MR) is 40.0 cm³/mol. The molecule has 0 saturated carbocycles. The van der Waals surface area contributed by atoms with Gasteiger partial charge in [0.05, 0.1) is 0 Å². The summed E-state index contributed by atoms with van der Waals surface area (Å²) in [5.74, 6) is 0.0816. The van der Waals surface area contributed by atoms with Gasteiger partial charge in [0.2, 0.25) is 0 Å². The van der Waals surface area contributed by atoms with Crippen molar-refractivity contribution in [2.75, 3.05) is 0 Å². The monoisotopic (exact) mass is 133 g/mol. The summed E-state index contributed by atoms with van der Waals surface area (Å²) >= 11 is 0. The average molecular weight is 133 g/mol. The molecule has 0 unspecified atom stereocenters. The molecule has 0 N–H and O–H groups in total. The summed E-state index contributed by atoms with van der Waals surface area (Å²) < 4.78 is 0. The van der Waals surface area contributed by atoms with E-state index >= 15 is 0 Å². The predicted octanol–water partition coefficient (Wildman–Crippen LogP) is 2.00. The maximum absolute atomic E-state index is 10.8. The number of rotatable bonds is 1. The first-order chi connectivity index (χ1) is 4.72. The minimum absolute atomic E-state index is 0.0816. The summed E-state index contributed by atoms with van der Waals surface area (Å²) in [4.78, 5) is 10.8. The molecule has 0 spiro atoms. The van der Waals surface area contributed by atoms with Crippen LogP contribution in [0.2, 0.25) is 0 Å². The molecule has 0 amide bonds. The molecule has 0 aliphatic carbocycles. The molecule has 1 radical (unpaired) electrons. The summed E-state index contributed by atoms with van der Waals surface area (Å²) in [6, 6.07) is 8.43. The van der Waals surface area contributed by atoms with Crippen molar-refractivity contribution >= 4 is 5.78 Å². The van der Waals surface area contributed by atoms with E-state index in [2.05, 4.69) is 6.07 Å². The summed E-state index contributed by atoms with van der Waals surface area (Å²) in [6.45, 7) is 3.46. The standard InChI is InChI=1S/C9H9O/c1-7-5-3-4-6-9(7)8(2)10/h3-5H,1-2H3. The van der Waals surface area contributed by atoms with Crippen LogP contribution in [0.3, 0.4) is 0 Å². The van der Waals surface area contributed by atoms with Crippen LogP contribution in [0.25, 0.3) is 0 Å². The van der Waals surface area contributed by atoms with Gasteiger partial charge in [-0.15, -0.1) is 0 Å². The molecule has 1 rings (SSSR count). The van der Waals surface area contributed by atoms with Crippen LogP contribution in [0, 0.1) is 13.0 Å². The zero-order chi connectivity index (χ0) is 7.56. The number of ketones is 1. The van der Waals surface area contributed by atoms with E-state index in [1.54, 1.807) is 13.0 Å². The molecule has 51 valence electrons. The SMILES string of the molecule is CC(=O)c1[c]cccc1C. The van der Waals surface area contributed by atoms with Crippen molar-refractivity contribution in [2.45, 2.75) is 13.8 Å². The van der Waals surface area contributed by atoms with E-state index in [-0.39, 0.29) is 5.78 Å². The van der Waals surface area contributed by atoms with Crippen LogP contribution in [0.4, 0.5) is 0 Å². The Balaban J connectivity index is 3.15. The fourth-order valence-electron chi connectivity index (χ4n) is 0.900. The molecule has 1 aromatic rings. The smallest absolute Gasteiger partial charge is 0.160 e. The van der Waals surface area contributed by atoms with Crippen LogP contribution in [0.5, 0.6) is 0 Å². The lowest BCUT2D eigenvalue weighted by Gasteiger charge is -1.97. The zero-order valence-corrected chi connectivity index (χ0v) is 6.14. The Morgan fingerprint density at radius 1 is 1.60 bits per heavy atom. The third-order valence-corrected chi connectivity index (χ3v) is 1.42. The van der Waals surface area contributed by atoms with Gasteiger partial charge >= 0.3 is 0 Å². The van der Waals surface area contributed by atoms with Gasteiger partial charge in [-0.25, -0.2) is 0 Å². The van der Waals surface area contributed by atoms with Gasteiger partial charge in [-0.1, -0.05) is 18.2 Å². The minimum atomic E-state index is 0.0816.